The maximum atomic E-state index is 13.0. The predicted molar refractivity (Wildman–Crippen MR) is 115 cm³/mol. The minimum absolute atomic E-state index is 0.232. The van der Waals surface area contributed by atoms with E-state index in [0.717, 1.165) is 22.3 Å². The smallest absolute Gasteiger partial charge is 0.407 e. The summed E-state index contributed by atoms with van der Waals surface area (Å²) in [7, 11) is 1.62. The third-order valence-corrected chi connectivity index (χ3v) is 5.47. The van der Waals surface area contributed by atoms with Crippen LogP contribution in [0.15, 0.2) is 48.5 Å². The minimum Gasteiger partial charge on any atom is -0.497 e. The molecule has 1 atom stereocenters. The SMILES string of the molecule is COc1ccc(CC(NC(=O)N2CCN(C(=O)O)CC2)c2nc3ccccc3[nH]2)cc1. The summed E-state index contributed by atoms with van der Waals surface area (Å²) in [5.41, 5.74) is 2.77. The summed E-state index contributed by atoms with van der Waals surface area (Å²) in [6.07, 6.45) is -0.412. The van der Waals surface area contributed by atoms with Crippen LogP contribution < -0.4 is 10.1 Å². The molecule has 0 saturated carbocycles. The number of aromatic amines is 1. The Morgan fingerprint density at radius 3 is 2.42 bits per heavy atom. The molecule has 3 amide bonds. The number of para-hydroxylation sites is 2. The number of urea groups is 1. The average molecular weight is 423 g/mol. The van der Waals surface area contributed by atoms with Crippen LogP contribution in [0.1, 0.15) is 17.4 Å². The van der Waals surface area contributed by atoms with Gasteiger partial charge in [0, 0.05) is 26.2 Å². The molecule has 2 aromatic carbocycles. The Kier molecular flexibility index (Phi) is 5.92. The zero-order chi connectivity index (χ0) is 21.8. The van der Waals surface area contributed by atoms with Crippen LogP contribution in [0, 0.1) is 0 Å². The number of hydrogen-bond acceptors (Lipinski definition) is 4. The molecule has 4 rings (SSSR count). The molecule has 3 N–H and O–H groups in total. The van der Waals surface area contributed by atoms with E-state index in [1.165, 1.54) is 4.90 Å². The summed E-state index contributed by atoms with van der Waals surface area (Å²) in [6.45, 7) is 1.31. The molecule has 2 heterocycles. The van der Waals surface area contributed by atoms with Gasteiger partial charge in [-0.15, -0.1) is 0 Å². The van der Waals surface area contributed by atoms with Gasteiger partial charge < -0.3 is 29.9 Å². The molecule has 1 aromatic heterocycles. The summed E-state index contributed by atoms with van der Waals surface area (Å²) in [6, 6.07) is 14.8. The minimum atomic E-state index is -0.959. The number of H-pyrrole nitrogens is 1. The highest BCUT2D eigenvalue weighted by molar-refractivity contribution is 5.77. The predicted octanol–water partition coefficient (Wildman–Crippen LogP) is 2.86. The van der Waals surface area contributed by atoms with Crippen LogP contribution in [0.25, 0.3) is 11.0 Å². The van der Waals surface area contributed by atoms with Crippen LogP contribution in [0.5, 0.6) is 5.75 Å². The van der Waals surface area contributed by atoms with E-state index < -0.39 is 6.09 Å². The molecule has 9 nitrogen and oxygen atoms in total. The van der Waals surface area contributed by atoms with E-state index >= 15 is 0 Å². The molecule has 0 spiro atoms. The zero-order valence-electron chi connectivity index (χ0n) is 17.2. The number of imidazole rings is 1. The van der Waals surface area contributed by atoms with Crippen molar-refractivity contribution in [1.82, 2.24) is 25.1 Å². The van der Waals surface area contributed by atoms with Gasteiger partial charge in [-0.1, -0.05) is 24.3 Å². The van der Waals surface area contributed by atoms with E-state index in [4.69, 9.17) is 9.84 Å². The highest BCUT2D eigenvalue weighted by atomic mass is 16.5. The maximum absolute atomic E-state index is 13.0. The van der Waals surface area contributed by atoms with E-state index in [1.807, 2.05) is 48.5 Å². The van der Waals surface area contributed by atoms with Crippen molar-refractivity contribution >= 4 is 23.2 Å². The standard InChI is InChI=1S/C22H25N5O4/c1-31-16-8-6-15(7-9-16)14-19(20-23-17-4-2-3-5-18(17)24-20)25-21(28)26-10-12-27(13-11-26)22(29)30/h2-9,19H,10-14H2,1H3,(H,23,24)(H,25,28)(H,29,30). The van der Waals surface area contributed by atoms with Crippen molar-refractivity contribution in [1.29, 1.82) is 0 Å². The van der Waals surface area contributed by atoms with Crippen molar-refractivity contribution in [3.05, 3.63) is 59.9 Å². The highest BCUT2D eigenvalue weighted by Gasteiger charge is 2.26. The fraction of sp³-hybridized carbons (Fsp3) is 0.318. The number of nitrogens with one attached hydrogen (secondary N) is 2. The van der Waals surface area contributed by atoms with Crippen molar-refractivity contribution in [3.8, 4) is 5.75 Å². The van der Waals surface area contributed by atoms with Gasteiger partial charge in [-0.3, -0.25) is 0 Å². The number of nitrogens with zero attached hydrogens (tertiary/aromatic N) is 3. The molecule has 0 radical (unpaired) electrons. The average Bonchev–Trinajstić information content (AvgIpc) is 3.23. The number of piperazine rings is 1. The Labute approximate surface area is 179 Å². The Hall–Kier alpha value is -3.75. The molecule has 1 fully saturated rings. The molecule has 3 aromatic rings. The number of fused-ring (bicyclic) bond motifs is 1. The number of carbonyl (C=O) groups is 2. The van der Waals surface area contributed by atoms with Crippen LogP contribution in [-0.2, 0) is 6.42 Å². The summed E-state index contributed by atoms with van der Waals surface area (Å²) in [4.78, 5) is 35.0. The van der Waals surface area contributed by atoms with Gasteiger partial charge in [-0.05, 0) is 36.2 Å². The summed E-state index contributed by atoms with van der Waals surface area (Å²) in [5.74, 6) is 1.44. The summed E-state index contributed by atoms with van der Waals surface area (Å²) < 4.78 is 5.23. The van der Waals surface area contributed by atoms with Crippen LogP contribution in [-0.4, -0.2) is 70.3 Å². The molecule has 9 heteroatoms. The van der Waals surface area contributed by atoms with E-state index in [-0.39, 0.29) is 12.1 Å². The fourth-order valence-corrected chi connectivity index (χ4v) is 3.69. The molecule has 1 aliphatic rings. The molecule has 1 unspecified atom stereocenters. The lowest BCUT2D eigenvalue weighted by molar-refractivity contribution is 0.111. The number of carboxylic acid groups (broad SMARTS) is 1. The van der Waals surface area contributed by atoms with Gasteiger partial charge in [-0.25, -0.2) is 14.6 Å². The molecule has 0 aliphatic carbocycles. The zero-order valence-corrected chi connectivity index (χ0v) is 17.2. The first-order valence-electron chi connectivity index (χ1n) is 10.1. The lowest BCUT2D eigenvalue weighted by Crippen LogP contribution is -2.53. The van der Waals surface area contributed by atoms with Crippen LogP contribution in [0.2, 0.25) is 0 Å². The lowest BCUT2D eigenvalue weighted by Gasteiger charge is -2.34. The lowest BCUT2D eigenvalue weighted by atomic mass is 10.1. The van der Waals surface area contributed by atoms with Gasteiger partial charge in [0.25, 0.3) is 0 Å². The fourth-order valence-electron chi connectivity index (χ4n) is 3.69. The van der Waals surface area contributed by atoms with Gasteiger partial charge in [0.05, 0.1) is 24.2 Å². The Morgan fingerprint density at radius 2 is 1.77 bits per heavy atom. The maximum Gasteiger partial charge on any atom is 0.407 e. The monoisotopic (exact) mass is 423 g/mol. The second-order valence-electron chi connectivity index (χ2n) is 7.45. The molecule has 162 valence electrons. The molecule has 1 saturated heterocycles. The first-order chi connectivity index (χ1) is 15.0. The second-order valence-corrected chi connectivity index (χ2v) is 7.45. The van der Waals surface area contributed by atoms with Crippen LogP contribution in [0.4, 0.5) is 9.59 Å². The number of benzene rings is 2. The number of aromatic nitrogens is 2. The molecular weight excluding hydrogens is 398 g/mol. The number of hydrogen-bond donors (Lipinski definition) is 3. The Balaban J connectivity index is 1.53. The van der Waals surface area contributed by atoms with Crippen molar-refractivity contribution in [3.63, 3.8) is 0 Å². The quantitative estimate of drug-likeness (QED) is 0.584. The molecule has 0 bridgehead atoms. The van der Waals surface area contributed by atoms with Crippen LogP contribution >= 0.6 is 0 Å². The van der Waals surface area contributed by atoms with Crippen LogP contribution in [0.3, 0.4) is 0 Å². The van der Waals surface area contributed by atoms with Gasteiger partial charge in [0.1, 0.15) is 11.6 Å². The molecular formula is C22H25N5O4. The third kappa shape index (κ3) is 4.71. The second kappa shape index (κ2) is 8.95. The van der Waals surface area contributed by atoms with Crippen molar-refractivity contribution in [2.24, 2.45) is 0 Å². The van der Waals surface area contributed by atoms with Gasteiger partial charge in [-0.2, -0.15) is 0 Å². The van der Waals surface area contributed by atoms with E-state index in [2.05, 4.69) is 15.3 Å². The van der Waals surface area contributed by atoms with Gasteiger partial charge >= 0.3 is 12.1 Å². The van der Waals surface area contributed by atoms with Gasteiger partial charge in [0.15, 0.2) is 0 Å². The molecule has 1 aliphatic heterocycles. The van der Waals surface area contributed by atoms with E-state index in [1.54, 1.807) is 12.0 Å². The Bertz CT molecular complexity index is 1020. The number of ether oxygens (including phenoxy) is 1. The van der Waals surface area contributed by atoms with E-state index in [0.29, 0.717) is 38.4 Å². The van der Waals surface area contributed by atoms with Crippen molar-refractivity contribution < 1.29 is 19.4 Å². The molecule has 31 heavy (non-hydrogen) atoms. The highest BCUT2D eigenvalue weighted by Crippen LogP contribution is 2.22. The third-order valence-electron chi connectivity index (χ3n) is 5.47. The number of methoxy groups -OCH3 is 1. The summed E-state index contributed by atoms with van der Waals surface area (Å²) in [5, 5.41) is 12.2. The number of rotatable bonds is 5. The first kappa shape index (κ1) is 20.5. The summed E-state index contributed by atoms with van der Waals surface area (Å²) >= 11 is 0. The van der Waals surface area contributed by atoms with Crippen molar-refractivity contribution in [2.45, 2.75) is 12.5 Å². The van der Waals surface area contributed by atoms with E-state index in [9.17, 15) is 9.59 Å². The van der Waals surface area contributed by atoms with Gasteiger partial charge in [0.2, 0.25) is 0 Å². The largest absolute Gasteiger partial charge is 0.497 e. The normalized spacial score (nSPS) is 15.0. The number of carbonyl (C=O) groups excluding carboxylic acids is 1. The Morgan fingerprint density at radius 1 is 1.10 bits per heavy atom. The first-order valence-corrected chi connectivity index (χ1v) is 10.1. The van der Waals surface area contributed by atoms with Crippen molar-refractivity contribution in [2.75, 3.05) is 33.3 Å². The topological polar surface area (TPSA) is 111 Å². The number of amides is 3.